The summed E-state index contributed by atoms with van der Waals surface area (Å²) >= 11 is 13.8. The highest BCUT2D eigenvalue weighted by atomic mass is 127. The van der Waals surface area contributed by atoms with Gasteiger partial charge in [-0.25, -0.2) is 9.97 Å². The zero-order valence-electron chi connectivity index (χ0n) is 7.60. The fourth-order valence-electron chi connectivity index (χ4n) is 0.793. The molecule has 0 radical (unpaired) electrons. The van der Waals surface area contributed by atoms with Gasteiger partial charge >= 0.3 is 0 Å². The van der Waals surface area contributed by atoms with Crippen LogP contribution in [0.25, 0.3) is 0 Å². The molecule has 78 valence electrons. The van der Waals surface area contributed by atoms with Crippen LogP contribution in [0, 0.1) is 3.57 Å². The Hall–Kier alpha value is 0.190. The van der Waals surface area contributed by atoms with Crippen LogP contribution in [-0.2, 0) is 0 Å². The Bertz CT molecular complexity index is 304. The molecule has 0 amide bonds. The van der Waals surface area contributed by atoms with Crippen LogP contribution in [0.15, 0.2) is 12.5 Å². The van der Waals surface area contributed by atoms with Crippen molar-refractivity contribution >= 4 is 51.6 Å². The van der Waals surface area contributed by atoms with Crippen LogP contribution in [-0.4, -0.2) is 27.3 Å². The molecule has 1 heterocycles. The predicted octanol–water partition coefficient (Wildman–Crippen LogP) is 2.73. The second kappa shape index (κ2) is 5.32. The number of hydrogen-bond acceptors (Lipinski definition) is 3. The highest BCUT2D eigenvalue weighted by molar-refractivity contribution is 14.1. The van der Waals surface area contributed by atoms with Crippen LogP contribution in [0.1, 0.15) is 6.92 Å². The Labute approximate surface area is 107 Å². The minimum atomic E-state index is -0.336. The maximum Gasteiger partial charge on any atom is 0.143 e. The maximum atomic E-state index is 5.82. The first-order chi connectivity index (χ1) is 6.61. The summed E-state index contributed by atoms with van der Waals surface area (Å²) in [7, 11) is 0. The minimum Gasteiger partial charge on any atom is -0.362 e. The summed E-state index contributed by atoms with van der Waals surface area (Å²) in [6.07, 6.45) is 3.23. The first-order valence-electron chi connectivity index (χ1n) is 3.97. The fourth-order valence-corrected chi connectivity index (χ4v) is 1.65. The summed E-state index contributed by atoms with van der Waals surface area (Å²) in [5.41, 5.74) is -0.336. The number of rotatable bonds is 4. The first-order valence-corrected chi connectivity index (χ1v) is 6.12. The van der Waals surface area contributed by atoms with Gasteiger partial charge < -0.3 is 5.32 Å². The molecular formula is C8H10Cl2IN3. The Morgan fingerprint density at radius 1 is 1.50 bits per heavy atom. The summed E-state index contributed by atoms with van der Waals surface area (Å²) in [6.45, 7) is 1.95. The number of nitrogens with zero attached hydrogens (tertiary/aromatic N) is 2. The lowest BCUT2D eigenvalue weighted by Crippen LogP contribution is -2.39. The van der Waals surface area contributed by atoms with Crippen LogP contribution in [0.5, 0.6) is 0 Å². The van der Waals surface area contributed by atoms with Crippen molar-refractivity contribution < 1.29 is 0 Å². The Kier molecular flexibility index (Phi) is 4.66. The molecule has 0 saturated carbocycles. The van der Waals surface area contributed by atoms with E-state index in [1.165, 1.54) is 6.33 Å². The highest BCUT2D eigenvalue weighted by Gasteiger charge is 2.22. The summed E-state index contributed by atoms with van der Waals surface area (Å²) in [6, 6.07) is 0. The zero-order valence-corrected chi connectivity index (χ0v) is 11.3. The van der Waals surface area contributed by atoms with Gasteiger partial charge in [0, 0.05) is 18.0 Å². The van der Waals surface area contributed by atoms with Gasteiger partial charge in [-0.15, -0.1) is 23.2 Å². The quantitative estimate of drug-likeness (QED) is 0.673. The van der Waals surface area contributed by atoms with Crippen LogP contribution in [0.2, 0.25) is 0 Å². The van der Waals surface area contributed by atoms with Crippen molar-refractivity contribution in [1.82, 2.24) is 9.97 Å². The molecule has 1 N–H and O–H groups in total. The van der Waals surface area contributed by atoms with Gasteiger partial charge in [0.05, 0.1) is 9.11 Å². The van der Waals surface area contributed by atoms with Crippen LogP contribution < -0.4 is 5.32 Å². The molecule has 6 heteroatoms. The van der Waals surface area contributed by atoms with Gasteiger partial charge in [0.1, 0.15) is 12.1 Å². The topological polar surface area (TPSA) is 37.8 Å². The molecule has 0 aliphatic carbocycles. The molecule has 1 aromatic rings. The average molecular weight is 346 g/mol. The standard InChI is InChI=1S/C8H10Cl2IN3/c1-8(3-9,4-10)14-7-6(11)2-12-5-13-7/h2,5H,3-4H2,1H3,(H,12,13,14). The number of anilines is 1. The molecule has 0 aromatic carbocycles. The first kappa shape index (κ1) is 12.3. The lowest BCUT2D eigenvalue weighted by Gasteiger charge is -2.26. The molecule has 0 aliphatic rings. The van der Waals surface area contributed by atoms with Gasteiger partial charge in [-0.05, 0) is 29.5 Å². The molecule has 3 nitrogen and oxygen atoms in total. The normalized spacial score (nSPS) is 11.4. The van der Waals surface area contributed by atoms with Crippen LogP contribution >= 0.6 is 45.8 Å². The minimum absolute atomic E-state index is 0.336. The SMILES string of the molecule is CC(CCl)(CCl)Nc1ncncc1I. The van der Waals surface area contributed by atoms with E-state index in [0.717, 1.165) is 9.39 Å². The van der Waals surface area contributed by atoms with Crippen molar-refractivity contribution in [3.8, 4) is 0 Å². The Balaban J connectivity index is 2.82. The second-order valence-electron chi connectivity index (χ2n) is 3.17. The number of hydrogen-bond donors (Lipinski definition) is 1. The van der Waals surface area contributed by atoms with E-state index in [1.54, 1.807) is 6.20 Å². The van der Waals surface area contributed by atoms with Crippen molar-refractivity contribution in [2.75, 3.05) is 17.1 Å². The van der Waals surface area contributed by atoms with E-state index in [0.29, 0.717) is 11.8 Å². The Morgan fingerprint density at radius 3 is 2.64 bits per heavy atom. The molecule has 0 saturated heterocycles. The summed E-state index contributed by atoms with van der Waals surface area (Å²) in [5.74, 6) is 1.62. The van der Waals surface area contributed by atoms with E-state index in [-0.39, 0.29) is 5.54 Å². The molecule has 0 aliphatic heterocycles. The molecule has 0 unspecified atom stereocenters. The Morgan fingerprint density at radius 2 is 2.14 bits per heavy atom. The van der Waals surface area contributed by atoms with E-state index in [4.69, 9.17) is 23.2 Å². The van der Waals surface area contributed by atoms with Crippen LogP contribution in [0.4, 0.5) is 5.82 Å². The molecule has 14 heavy (non-hydrogen) atoms. The van der Waals surface area contributed by atoms with E-state index in [2.05, 4.69) is 37.9 Å². The lowest BCUT2D eigenvalue weighted by atomic mass is 10.1. The molecule has 1 rings (SSSR count). The van der Waals surface area contributed by atoms with E-state index < -0.39 is 0 Å². The van der Waals surface area contributed by atoms with Gasteiger partial charge in [0.15, 0.2) is 0 Å². The molecule has 0 fully saturated rings. The van der Waals surface area contributed by atoms with Crippen molar-refractivity contribution in [3.63, 3.8) is 0 Å². The van der Waals surface area contributed by atoms with Gasteiger partial charge in [-0.3, -0.25) is 0 Å². The number of nitrogens with one attached hydrogen (secondary N) is 1. The van der Waals surface area contributed by atoms with Crippen molar-refractivity contribution in [1.29, 1.82) is 0 Å². The van der Waals surface area contributed by atoms with Gasteiger partial charge in [0.25, 0.3) is 0 Å². The molecule has 1 aromatic heterocycles. The van der Waals surface area contributed by atoms with Crippen molar-refractivity contribution in [2.45, 2.75) is 12.5 Å². The van der Waals surface area contributed by atoms with Crippen LogP contribution in [0.3, 0.4) is 0 Å². The smallest absolute Gasteiger partial charge is 0.143 e. The third-order valence-electron chi connectivity index (χ3n) is 1.68. The molecule has 0 spiro atoms. The third kappa shape index (κ3) is 3.10. The van der Waals surface area contributed by atoms with Crippen molar-refractivity contribution in [3.05, 3.63) is 16.1 Å². The van der Waals surface area contributed by atoms with Gasteiger partial charge in [-0.2, -0.15) is 0 Å². The fraction of sp³-hybridized carbons (Fsp3) is 0.500. The van der Waals surface area contributed by atoms with E-state index in [9.17, 15) is 0 Å². The predicted molar refractivity (Wildman–Crippen MR) is 68.2 cm³/mol. The largest absolute Gasteiger partial charge is 0.362 e. The maximum absolute atomic E-state index is 5.82. The number of alkyl halides is 2. The average Bonchev–Trinajstić information content (AvgIpc) is 2.21. The lowest BCUT2D eigenvalue weighted by molar-refractivity contribution is 0.644. The summed E-state index contributed by atoms with van der Waals surface area (Å²) < 4.78 is 0.951. The van der Waals surface area contributed by atoms with E-state index >= 15 is 0 Å². The van der Waals surface area contributed by atoms with Gasteiger partial charge in [0.2, 0.25) is 0 Å². The summed E-state index contributed by atoms with van der Waals surface area (Å²) in [5, 5.41) is 3.20. The van der Waals surface area contributed by atoms with E-state index in [1.807, 2.05) is 6.92 Å². The summed E-state index contributed by atoms with van der Waals surface area (Å²) in [4.78, 5) is 8.01. The number of halogens is 3. The molecule has 0 bridgehead atoms. The second-order valence-corrected chi connectivity index (χ2v) is 4.87. The highest BCUT2D eigenvalue weighted by Crippen LogP contribution is 2.20. The molecular weight excluding hydrogens is 336 g/mol. The van der Waals surface area contributed by atoms with Gasteiger partial charge in [-0.1, -0.05) is 0 Å². The zero-order chi connectivity index (χ0) is 10.6. The van der Waals surface area contributed by atoms with Crippen molar-refractivity contribution in [2.24, 2.45) is 0 Å². The molecule has 0 atom stereocenters. The monoisotopic (exact) mass is 345 g/mol. The third-order valence-corrected chi connectivity index (χ3v) is 3.65. The number of aromatic nitrogens is 2.